The molecule has 0 aliphatic carbocycles. The summed E-state index contributed by atoms with van der Waals surface area (Å²) in [7, 11) is -0.622. The van der Waals surface area contributed by atoms with Crippen molar-refractivity contribution < 1.29 is 37.6 Å². The largest absolute Gasteiger partial charge is 0.405 e. The average Bonchev–Trinajstić information content (AvgIpc) is 3.01. The van der Waals surface area contributed by atoms with E-state index in [0.717, 1.165) is 6.54 Å². The Labute approximate surface area is 260 Å². The predicted octanol–water partition coefficient (Wildman–Crippen LogP) is 2.90. The molecule has 10 heteroatoms. The van der Waals surface area contributed by atoms with Crippen molar-refractivity contribution in [3.8, 4) is 0 Å². The molecule has 0 aromatic heterocycles. The summed E-state index contributed by atoms with van der Waals surface area (Å²) < 4.78 is 45.7. The highest BCUT2D eigenvalue weighted by atomic mass is 28.4. The molecule has 9 nitrogen and oxygen atoms in total. The Bertz CT molecular complexity index is 861. The third-order valence-electron chi connectivity index (χ3n) is 6.69. The number of benzene rings is 2. The van der Waals surface area contributed by atoms with E-state index in [1.165, 1.54) is 10.4 Å². The van der Waals surface area contributed by atoms with Crippen LogP contribution in [0, 0.1) is 0 Å². The summed E-state index contributed by atoms with van der Waals surface area (Å²) in [4.78, 5) is 0. The number of rotatable bonds is 27. The number of likely N-dealkylation sites (N-methyl/N-ethyl adjacent to an activating group) is 1. The first-order valence-electron chi connectivity index (χ1n) is 15.5. The molecule has 2 rings (SSSR count). The third kappa shape index (κ3) is 15.2. The van der Waals surface area contributed by atoms with Crippen LogP contribution < -0.4 is 15.7 Å². The molecule has 2 aromatic rings. The van der Waals surface area contributed by atoms with Crippen LogP contribution >= 0.6 is 0 Å². The van der Waals surface area contributed by atoms with Crippen molar-refractivity contribution in [3.63, 3.8) is 0 Å². The van der Waals surface area contributed by atoms with E-state index in [-0.39, 0.29) is 5.04 Å². The van der Waals surface area contributed by atoms with Gasteiger partial charge in [0.15, 0.2) is 0 Å². The van der Waals surface area contributed by atoms with Crippen LogP contribution in [-0.2, 0) is 37.6 Å². The van der Waals surface area contributed by atoms with Gasteiger partial charge in [0.2, 0.25) is 0 Å². The van der Waals surface area contributed by atoms with Gasteiger partial charge in [-0.1, -0.05) is 81.4 Å². The minimum Gasteiger partial charge on any atom is -0.405 e. The Morgan fingerprint density at radius 2 is 0.767 bits per heavy atom. The Balaban J connectivity index is 1.45. The molecule has 43 heavy (non-hydrogen) atoms. The minimum absolute atomic E-state index is 0.0468. The highest BCUT2D eigenvalue weighted by Crippen LogP contribution is 2.36. The van der Waals surface area contributed by atoms with E-state index < -0.39 is 8.32 Å². The van der Waals surface area contributed by atoms with Gasteiger partial charge in [-0.25, -0.2) is 0 Å². The van der Waals surface area contributed by atoms with Gasteiger partial charge in [0.05, 0.1) is 99.1 Å². The van der Waals surface area contributed by atoms with E-state index in [2.05, 4.69) is 86.8 Å². The van der Waals surface area contributed by atoms with Crippen LogP contribution in [0.5, 0.6) is 0 Å². The zero-order valence-electron chi connectivity index (χ0n) is 26.9. The molecule has 1 N–H and O–H groups in total. The highest BCUT2D eigenvalue weighted by Gasteiger charge is 2.49. The van der Waals surface area contributed by atoms with Crippen LogP contribution in [0.1, 0.15) is 20.8 Å². The summed E-state index contributed by atoms with van der Waals surface area (Å²) in [5.74, 6) is 0. The fourth-order valence-electron chi connectivity index (χ4n) is 4.61. The molecule has 244 valence electrons. The highest BCUT2D eigenvalue weighted by molar-refractivity contribution is 6.99. The summed E-state index contributed by atoms with van der Waals surface area (Å²) >= 11 is 0. The van der Waals surface area contributed by atoms with Crippen molar-refractivity contribution in [3.05, 3.63) is 60.7 Å². The van der Waals surface area contributed by atoms with Crippen LogP contribution in [0.4, 0.5) is 0 Å². The van der Waals surface area contributed by atoms with Crippen molar-refractivity contribution >= 4 is 18.7 Å². The molecule has 0 amide bonds. The van der Waals surface area contributed by atoms with Crippen LogP contribution in [0.2, 0.25) is 5.04 Å². The fourth-order valence-corrected chi connectivity index (χ4v) is 9.16. The monoisotopic (exact) mass is 621 g/mol. The molecule has 0 saturated carbocycles. The summed E-state index contributed by atoms with van der Waals surface area (Å²) in [5.41, 5.74) is 0. The van der Waals surface area contributed by atoms with Gasteiger partial charge in [-0.15, -0.1) is 0 Å². The summed E-state index contributed by atoms with van der Waals surface area (Å²) in [5, 5.41) is 5.53. The normalized spacial score (nSPS) is 12.2. The molecular formula is C33H55NO8Si. The SMILES string of the molecule is CNCCOCCOCCOCCOCCOCCOCCOCCO[Si](c1ccccc1)(c1ccccc1)C(C)(C)C. The Morgan fingerprint density at radius 1 is 0.465 bits per heavy atom. The molecule has 0 heterocycles. The first-order chi connectivity index (χ1) is 21.0. The molecule has 0 aliphatic heterocycles. The topological polar surface area (TPSA) is 85.9 Å². The van der Waals surface area contributed by atoms with Gasteiger partial charge < -0.3 is 42.9 Å². The van der Waals surface area contributed by atoms with Gasteiger partial charge >= 0.3 is 0 Å². The summed E-state index contributed by atoms with van der Waals surface area (Å²) in [6.07, 6.45) is 0. The number of ether oxygens (including phenoxy) is 7. The lowest BCUT2D eigenvalue weighted by molar-refractivity contribution is -0.0211. The molecule has 0 spiro atoms. The molecule has 2 aromatic carbocycles. The number of hydrogen-bond acceptors (Lipinski definition) is 9. The Kier molecular flexibility index (Phi) is 20.6. The molecule has 0 unspecified atom stereocenters. The van der Waals surface area contributed by atoms with Crippen LogP contribution in [-0.4, -0.2) is 121 Å². The van der Waals surface area contributed by atoms with Gasteiger partial charge in [0.1, 0.15) is 0 Å². The molecule has 0 radical (unpaired) electrons. The molecule has 0 atom stereocenters. The number of nitrogens with one attached hydrogen (secondary N) is 1. The molecule has 0 bridgehead atoms. The standard InChI is InChI=1S/C33H55NO8Si/c1-33(2,3)43(31-11-7-5-8-12-31,32-13-9-6-10-14-32)42-30-29-41-28-27-40-26-25-39-24-23-38-22-21-37-20-19-36-18-17-35-16-15-34-4/h5-14,34H,15-30H2,1-4H3. The van der Waals surface area contributed by atoms with Gasteiger partial charge in [0.25, 0.3) is 8.32 Å². The van der Waals surface area contributed by atoms with E-state index in [9.17, 15) is 0 Å². The van der Waals surface area contributed by atoms with Crippen LogP contribution in [0.25, 0.3) is 0 Å². The quantitative estimate of drug-likeness (QED) is 0.120. The third-order valence-corrected chi connectivity index (χ3v) is 11.7. The Morgan fingerprint density at radius 3 is 1.07 bits per heavy atom. The van der Waals surface area contributed by atoms with E-state index in [1.807, 2.05) is 7.05 Å². The van der Waals surface area contributed by atoms with Gasteiger partial charge in [-0.3, -0.25) is 0 Å². The summed E-state index contributed by atoms with van der Waals surface area (Å²) in [6, 6.07) is 21.3. The van der Waals surface area contributed by atoms with Gasteiger partial charge in [-0.05, 0) is 22.5 Å². The molecule has 0 fully saturated rings. The van der Waals surface area contributed by atoms with Crippen molar-refractivity contribution in [1.82, 2.24) is 5.32 Å². The average molecular weight is 622 g/mol. The van der Waals surface area contributed by atoms with Crippen molar-refractivity contribution in [1.29, 1.82) is 0 Å². The minimum atomic E-state index is -2.52. The first-order valence-corrected chi connectivity index (χ1v) is 17.4. The van der Waals surface area contributed by atoms with E-state index in [0.29, 0.717) is 99.1 Å². The van der Waals surface area contributed by atoms with Crippen LogP contribution in [0.3, 0.4) is 0 Å². The van der Waals surface area contributed by atoms with Crippen LogP contribution in [0.15, 0.2) is 60.7 Å². The molecule has 0 aliphatic rings. The predicted molar refractivity (Wildman–Crippen MR) is 173 cm³/mol. The second-order valence-corrected chi connectivity index (χ2v) is 15.2. The second kappa shape index (κ2) is 23.6. The smallest absolute Gasteiger partial charge is 0.261 e. The van der Waals surface area contributed by atoms with Gasteiger partial charge in [-0.2, -0.15) is 0 Å². The second-order valence-electron chi connectivity index (χ2n) is 10.9. The lowest BCUT2D eigenvalue weighted by Crippen LogP contribution is -2.66. The van der Waals surface area contributed by atoms with Crippen molar-refractivity contribution in [2.75, 3.05) is 113 Å². The zero-order valence-corrected chi connectivity index (χ0v) is 27.9. The maximum absolute atomic E-state index is 6.84. The molecular weight excluding hydrogens is 566 g/mol. The number of hydrogen-bond donors (Lipinski definition) is 1. The van der Waals surface area contributed by atoms with E-state index >= 15 is 0 Å². The van der Waals surface area contributed by atoms with Crippen molar-refractivity contribution in [2.45, 2.75) is 25.8 Å². The maximum atomic E-state index is 6.84. The lowest BCUT2D eigenvalue weighted by Gasteiger charge is -2.43. The maximum Gasteiger partial charge on any atom is 0.261 e. The first kappa shape index (κ1) is 37.5. The van der Waals surface area contributed by atoms with Gasteiger partial charge in [0, 0.05) is 6.54 Å². The van der Waals surface area contributed by atoms with E-state index in [1.54, 1.807) is 0 Å². The fraction of sp³-hybridized carbons (Fsp3) is 0.636. The zero-order chi connectivity index (χ0) is 30.9. The lowest BCUT2D eigenvalue weighted by atomic mass is 10.2. The molecule has 0 saturated heterocycles. The van der Waals surface area contributed by atoms with E-state index in [4.69, 9.17) is 37.6 Å². The van der Waals surface area contributed by atoms with Crippen molar-refractivity contribution in [2.24, 2.45) is 0 Å². The summed E-state index contributed by atoms with van der Waals surface area (Å²) in [6.45, 7) is 15.9. The Hall–Kier alpha value is -1.70.